The summed E-state index contributed by atoms with van der Waals surface area (Å²) in [7, 11) is 4.56. The summed E-state index contributed by atoms with van der Waals surface area (Å²) in [5.41, 5.74) is 1.22. The number of carbonyl (C=O) groups is 3. The number of hydrogen-bond donors (Lipinski definition) is 1. The smallest absolute Gasteiger partial charge is 0.293 e. The molecule has 0 bridgehead atoms. The average Bonchev–Trinajstić information content (AvgIpc) is 3.04. The lowest BCUT2D eigenvalue weighted by molar-refractivity contribution is -0.123. The molecule has 1 saturated heterocycles. The molecule has 3 rings (SSSR count). The molecule has 31 heavy (non-hydrogen) atoms. The third kappa shape index (κ3) is 5.18. The Hall–Kier alpha value is -3.46. The van der Waals surface area contributed by atoms with E-state index < -0.39 is 11.1 Å². The summed E-state index contributed by atoms with van der Waals surface area (Å²) in [4.78, 5) is 38.6. The van der Waals surface area contributed by atoms with E-state index in [0.717, 1.165) is 16.7 Å². The molecule has 0 unspecified atom stereocenters. The molecule has 0 aromatic heterocycles. The van der Waals surface area contributed by atoms with Crippen LogP contribution in [0.2, 0.25) is 0 Å². The van der Waals surface area contributed by atoms with Crippen LogP contribution in [0.4, 0.5) is 10.5 Å². The largest absolute Gasteiger partial charge is 0.495 e. The normalized spacial score (nSPS) is 14.7. The van der Waals surface area contributed by atoms with E-state index in [1.807, 2.05) is 0 Å². The Morgan fingerprint density at radius 1 is 1.00 bits per heavy atom. The van der Waals surface area contributed by atoms with Crippen molar-refractivity contribution in [2.75, 3.05) is 33.2 Å². The minimum absolute atomic E-state index is 0.0189. The summed E-state index contributed by atoms with van der Waals surface area (Å²) in [5.74, 6) is 0.847. The van der Waals surface area contributed by atoms with Crippen molar-refractivity contribution in [1.29, 1.82) is 0 Å². The van der Waals surface area contributed by atoms with Gasteiger partial charge in [-0.3, -0.25) is 19.3 Å². The van der Waals surface area contributed by atoms with Crippen molar-refractivity contribution in [2.24, 2.45) is 0 Å². The lowest BCUT2D eigenvalue weighted by Crippen LogP contribution is -2.31. The summed E-state index contributed by atoms with van der Waals surface area (Å²) in [6, 6.07) is 12.2. The highest BCUT2D eigenvalue weighted by Gasteiger charge is 2.35. The fourth-order valence-corrected chi connectivity index (χ4v) is 3.83. The lowest BCUT2D eigenvalue weighted by atomic mass is 10.2. The maximum absolute atomic E-state index is 12.7. The molecule has 1 N–H and O–H groups in total. The number of nitrogens with zero attached hydrogens (tertiary/aromatic N) is 1. The molecule has 162 valence electrons. The summed E-state index contributed by atoms with van der Waals surface area (Å²) >= 11 is 0.837. The van der Waals surface area contributed by atoms with E-state index in [1.54, 1.807) is 48.5 Å². The van der Waals surface area contributed by atoms with Crippen molar-refractivity contribution in [2.45, 2.75) is 6.42 Å². The predicted molar refractivity (Wildman–Crippen MR) is 118 cm³/mol. The number of rotatable bonds is 8. The van der Waals surface area contributed by atoms with Crippen LogP contribution in [0.5, 0.6) is 17.2 Å². The first-order chi connectivity index (χ1) is 15.0. The molecule has 1 fully saturated rings. The number of amides is 3. The van der Waals surface area contributed by atoms with Crippen molar-refractivity contribution >= 4 is 40.6 Å². The average molecular weight is 442 g/mol. The van der Waals surface area contributed by atoms with Gasteiger partial charge in [0.05, 0.1) is 31.9 Å². The van der Waals surface area contributed by atoms with Gasteiger partial charge in [0.25, 0.3) is 11.1 Å². The van der Waals surface area contributed by atoms with Crippen LogP contribution in [-0.2, 0) is 9.59 Å². The standard InChI is InChI=1S/C22H22N2O6S/c1-28-16-7-5-4-6-15(16)23-20(25)10-11-24-21(26)19(31-22(24)27)13-14-8-9-17(29-2)18(12-14)30-3/h4-9,12-13H,10-11H2,1-3H3,(H,23,25)/b19-13-. The van der Waals surface area contributed by atoms with Crippen molar-refractivity contribution < 1.29 is 28.6 Å². The SMILES string of the molecule is COc1ccccc1NC(=O)CCN1C(=O)S/C(=C\c2ccc(OC)c(OC)c2)C1=O. The highest BCUT2D eigenvalue weighted by atomic mass is 32.2. The van der Waals surface area contributed by atoms with E-state index >= 15 is 0 Å². The van der Waals surface area contributed by atoms with Crippen LogP contribution in [0.1, 0.15) is 12.0 Å². The molecule has 1 aliphatic heterocycles. The van der Waals surface area contributed by atoms with Crippen LogP contribution >= 0.6 is 11.8 Å². The summed E-state index contributed by atoms with van der Waals surface area (Å²) in [5, 5.41) is 2.31. The molecule has 8 nitrogen and oxygen atoms in total. The van der Waals surface area contributed by atoms with Crippen molar-refractivity contribution in [1.82, 2.24) is 4.90 Å². The Morgan fingerprint density at radius 2 is 1.71 bits per heavy atom. The van der Waals surface area contributed by atoms with E-state index in [4.69, 9.17) is 14.2 Å². The molecule has 3 amide bonds. The number of methoxy groups -OCH3 is 3. The third-order valence-corrected chi connectivity index (χ3v) is 5.43. The Labute approximate surface area is 184 Å². The molecule has 1 aliphatic rings. The summed E-state index contributed by atoms with van der Waals surface area (Å²) < 4.78 is 15.7. The van der Waals surface area contributed by atoms with Crippen molar-refractivity contribution in [3.8, 4) is 17.2 Å². The molecule has 2 aromatic carbocycles. The number of para-hydroxylation sites is 2. The highest BCUT2D eigenvalue weighted by molar-refractivity contribution is 8.18. The lowest BCUT2D eigenvalue weighted by Gasteiger charge is -2.13. The van der Waals surface area contributed by atoms with Gasteiger partial charge in [0, 0.05) is 13.0 Å². The number of carbonyl (C=O) groups excluding carboxylic acids is 3. The van der Waals surface area contributed by atoms with Gasteiger partial charge in [-0.15, -0.1) is 0 Å². The van der Waals surface area contributed by atoms with Gasteiger partial charge >= 0.3 is 0 Å². The Kier molecular flexibility index (Phi) is 7.19. The van der Waals surface area contributed by atoms with Gasteiger partial charge in [0.1, 0.15) is 5.75 Å². The number of anilines is 1. The van der Waals surface area contributed by atoms with Crippen molar-refractivity contribution in [3.63, 3.8) is 0 Å². The zero-order valence-electron chi connectivity index (χ0n) is 17.3. The minimum atomic E-state index is -0.435. The van der Waals surface area contributed by atoms with Gasteiger partial charge in [0.2, 0.25) is 5.91 Å². The second-order valence-corrected chi connectivity index (χ2v) is 7.44. The van der Waals surface area contributed by atoms with E-state index in [2.05, 4.69) is 5.32 Å². The molecule has 0 atom stereocenters. The monoisotopic (exact) mass is 442 g/mol. The topological polar surface area (TPSA) is 94.2 Å². The molecular formula is C22H22N2O6S. The number of hydrogen-bond acceptors (Lipinski definition) is 7. The molecule has 9 heteroatoms. The van der Waals surface area contributed by atoms with Crippen molar-refractivity contribution in [3.05, 3.63) is 52.9 Å². The highest BCUT2D eigenvalue weighted by Crippen LogP contribution is 2.34. The first kappa shape index (κ1) is 22.2. The first-order valence-electron chi connectivity index (χ1n) is 9.37. The molecule has 0 aliphatic carbocycles. The second-order valence-electron chi connectivity index (χ2n) is 6.45. The van der Waals surface area contributed by atoms with E-state index in [0.29, 0.717) is 28.5 Å². The third-order valence-electron chi connectivity index (χ3n) is 4.52. The van der Waals surface area contributed by atoms with E-state index in [9.17, 15) is 14.4 Å². The molecule has 1 heterocycles. The van der Waals surface area contributed by atoms with Crippen LogP contribution in [-0.4, -0.2) is 49.8 Å². The van der Waals surface area contributed by atoms with Crippen LogP contribution < -0.4 is 19.5 Å². The zero-order chi connectivity index (χ0) is 22.4. The maximum atomic E-state index is 12.7. The van der Waals surface area contributed by atoms with Gasteiger partial charge in [0.15, 0.2) is 11.5 Å². The summed E-state index contributed by atoms with van der Waals surface area (Å²) in [6.45, 7) is -0.0189. The number of imide groups is 1. The van der Waals surface area contributed by atoms with Crippen LogP contribution in [0, 0.1) is 0 Å². The summed E-state index contributed by atoms with van der Waals surface area (Å²) in [6.07, 6.45) is 1.58. The van der Waals surface area contributed by atoms with Gasteiger partial charge in [-0.2, -0.15) is 0 Å². The molecule has 0 spiro atoms. The Balaban J connectivity index is 1.65. The fourth-order valence-electron chi connectivity index (χ4n) is 2.96. The van der Waals surface area contributed by atoms with Gasteiger partial charge in [-0.05, 0) is 47.7 Å². The predicted octanol–water partition coefficient (Wildman–Crippen LogP) is 3.78. The van der Waals surface area contributed by atoms with Crippen LogP contribution in [0.3, 0.4) is 0 Å². The second kappa shape index (κ2) is 10.0. The minimum Gasteiger partial charge on any atom is -0.495 e. The molecule has 2 aromatic rings. The van der Waals surface area contributed by atoms with Crippen LogP contribution in [0.15, 0.2) is 47.4 Å². The molecule has 0 radical (unpaired) electrons. The first-order valence-corrected chi connectivity index (χ1v) is 10.2. The van der Waals surface area contributed by atoms with Gasteiger partial charge in [-0.25, -0.2) is 0 Å². The van der Waals surface area contributed by atoms with E-state index in [1.165, 1.54) is 21.3 Å². The quantitative estimate of drug-likeness (QED) is 0.622. The number of thioether (sulfide) groups is 1. The van der Waals surface area contributed by atoms with Crippen LogP contribution in [0.25, 0.3) is 6.08 Å². The molecular weight excluding hydrogens is 420 g/mol. The van der Waals surface area contributed by atoms with Gasteiger partial charge < -0.3 is 19.5 Å². The number of nitrogens with one attached hydrogen (secondary N) is 1. The zero-order valence-corrected chi connectivity index (χ0v) is 18.2. The van der Waals surface area contributed by atoms with Gasteiger partial charge in [-0.1, -0.05) is 18.2 Å². The maximum Gasteiger partial charge on any atom is 0.293 e. The van der Waals surface area contributed by atoms with E-state index in [-0.39, 0.29) is 23.8 Å². The Morgan fingerprint density at radius 3 is 2.42 bits per heavy atom. The number of ether oxygens (including phenoxy) is 3. The Bertz CT molecular complexity index is 1040. The fraction of sp³-hybridized carbons (Fsp3) is 0.227. The number of benzene rings is 2. The molecule has 0 saturated carbocycles.